The summed E-state index contributed by atoms with van der Waals surface area (Å²) in [4.78, 5) is 22.7. The quantitative estimate of drug-likeness (QED) is 0.657. The van der Waals surface area contributed by atoms with Gasteiger partial charge in [-0.1, -0.05) is 18.2 Å². The van der Waals surface area contributed by atoms with E-state index in [1.165, 1.54) is 0 Å². The Morgan fingerprint density at radius 3 is 2.77 bits per heavy atom. The van der Waals surface area contributed by atoms with Gasteiger partial charge >= 0.3 is 0 Å². The van der Waals surface area contributed by atoms with Gasteiger partial charge in [0.25, 0.3) is 5.91 Å². The molecule has 0 aliphatic heterocycles. The van der Waals surface area contributed by atoms with E-state index in [1.54, 1.807) is 42.7 Å². The fourth-order valence-electron chi connectivity index (χ4n) is 2.52. The normalized spacial score (nSPS) is 10.3. The van der Waals surface area contributed by atoms with Gasteiger partial charge in [-0.25, -0.2) is 0 Å². The van der Waals surface area contributed by atoms with Crippen LogP contribution in [0.15, 0.2) is 73.2 Å². The highest BCUT2D eigenvalue weighted by Crippen LogP contribution is 2.16. The zero-order chi connectivity index (χ0) is 18.2. The smallest absolute Gasteiger partial charge is 0.253 e. The Morgan fingerprint density at radius 2 is 2.00 bits per heavy atom. The molecule has 5 nitrogen and oxygen atoms in total. The second-order valence-electron chi connectivity index (χ2n) is 5.98. The van der Waals surface area contributed by atoms with Gasteiger partial charge in [0.05, 0.1) is 0 Å². The molecule has 0 saturated carbocycles. The highest BCUT2D eigenvalue weighted by Gasteiger charge is 2.12. The molecule has 0 fully saturated rings. The molecule has 0 radical (unpaired) electrons. The highest BCUT2D eigenvalue weighted by molar-refractivity contribution is 5.94. The number of nitrogens with zero attached hydrogens (tertiary/aromatic N) is 3. The van der Waals surface area contributed by atoms with Crippen molar-refractivity contribution < 1.29 is 9.53 Å². The SMILES string of the molecule is CN(CCc1ccccn1)C(=O)c1cccc(OCc2cccnc2)c1. The van der Waals surface area contributed by atoms with E-state index < -0.39 is 0 Å². The fraction of sp³-hybridized carbons (Fsp3) is 0.190. The zero-order valence-corrected chi connectivity index (χ0v) is 14.7. The summed E-state index contributed by atoms with van der Waals surface area (Å²) < 4.78 is 5.77. The Labute approximate surface area is 153 Å². The maximum absolute atomic E-state index is 12.6. The number of hydrogen-bond acceptors (Lipinski definition) is 4. The van der Waals surface area contributed by atoms with Gasteiger partial charge in [0, 0.05) is 55.4 Å². The Morgan fingerprint density at radius 1 is 1.08 bits per heavy atom. The topological polar surface area (TPSA) is 55.3 Å². The third-order valence-electron chi connectivity index (χ3n) is 3.99. The minimum Gasteiger partial charge on any atom is -0.489 e. The molecule has 0 atom stereocenters. The number of carbonyl (C=O) groups is 1. The fourth-order valence-corrected chi connectivity index (χ4v) is 2.52. The highest BCUT2D eigenvalue weighted by atomic mass is 16.5. The number of ether oxygens (including phenoxy) is 1. The van der Waals surface area contributed by atoms with Crippen molar-refractivity contribution in [1.82, 2.24) is 14.9 Å². The lowest BCUT2D eigenvalue weighted by Crippen LogP contribution is -2.29. The number of hydrogen-bond donors (Lipinski definition) is 0. The van der Waals surface area contributed by atoms with E-state index in [9.17, 15) is 4.79 Å². The van der Waals surface area contributed by atoms with Crippen LogP contribution >= 0.6 is 0 Å². The second-order valence-corrected chi connectivity index (χ2v) is 5.98. The molecule has 0 aliphatic carbocycles. The molecule has 2 aromatic heterocycles. The van der Waals surface area contributed by atoms with Crippen molar-refractivity contribution >= 4 is 5.91 Å². The van der Waals surface area contributed by atoms with Crippen LogP contribution in [0.5, 0.6) is 5.75 Å². The Kier molecular flexibility index (Phi) is 5.93. The molecule has 26 heavy (non-hydrogen) atoms. The maximum atomic E-state index is 12.6. The number of carbonyl (C=O) groups excluding carboxylic acids is 1. The first-order valence-electron chi connectivity index (χ1n) is 8.49. The molecule has 0 spiro atoms. The Bertz CT molecular complexity index is 838. The average Bonchev–Trinajstić information content (AvgIpc) is 2.71. The van der Waals surface area contributed by atoms with Crippen LogP contribution in [0.3, 0.4) is 0 Å². The lowest BCUT2D eigenvalue weighted by molar-refractivity contribution is 0.0796. The van der Waals surface area contributed by atoms with Gasteiger partial charge in [0.2, 0.25) is 0 Å². The standard InChI is InChI=1S/C21H21N3O2/c1-24(13-10-19-8-2-3-12-23-19)21(25)18-7-4-9-20(14-18)26-16-17-6-5-11-22-15-17/h2-9,11-12,14-15H,10,13,16H2,1H3. The van der Waals surface area contributed by atoms with Crippen molar-refractivity contribution in [2.24, 2.45) is 0 Å². The van der Waals surface area contributed by atoms with Crippen molar-refractivity contribution in [3.05, 3.63) is 90.0 Å². The predicted octanol–water partition coefficient (Wildman–Crippen LogP) is 3.37. The number of benzene rings is 1. The largest absolute Gasteiger partial charge is 0.489 e. The minimum absolute atomic E-state index is 0.0345. The average molecular weight is 347 g/mol. The van der Waals surface area contributed by atoms with Crippen LogP contribution in [-0.2, 0) is 13.0 Å². The number of aromatic nitrogens is 2. The number of rotatable bonds is 7. The first-order valence-corrected chi connectivity index (χ1v) is 8.49. The molecule has 0 saturated heterocycles. The van der Waals surface area contributed by atoms with E-state index >= 15 is 0 Å². The van der Waals surface area contributed by atoms with Gasteiger partial charge in [-0.15, -0.1) is 0 Å². The van der Waals surface area contributed by atoms with Gasteiger partial charge in [-0.2, -0.15) is 0 Å². The number of likely N-dealkylation sites (N-methyl/N-ethyl adjacent to an activating group) is 1. The van der Waals surface area contributed by atoms with Crippen LogP contribution in [0.1, 0.15) is 21.6 Å². The monoisotopic (exact) mass is 347 g/mol. The van der Waals surface area contributed by atoms with Crippen molar-refractivity contribution in [3.63, 3.8) is 0 Å². The van der Waals surface area contributed by atoms with Gasteiger partial charge < -0.3 is 9.64 Å². The third-order valence-corrected chi connectivity index (χ3v) is 3.99. The summed E-state index contributed by atoms with van der Waals surface area (Å²) in [5, 5.41) is 0. The summed E-state index contributed by atoms with van der Waals surface area (Å²) in [6.07, 6.45) is 5.98. The first-order chi connectivity index (χ1) is 12.7. The summed E-state index contributed by atoms with van der Waals surface area (Å²) >= 11 is 0. The molecule has 3 aromatic rings. The van der Waals surface area contributed by atoms with Crippen molar-refractivity contribution in [2.75, 3.05) is 13.6 Å². The minimum atomic E-state index is -0.0345. The molecule has 0 aliphatic rings. The van der Waals surface area contributed by atoms with Crippen LogP contribution in [0.25, 0.3) is 0 Å². The van der Waals surface area contributed by atoms with E-state index in [-0.39, 0.29) is 5.91 Å². The molecular weight excluding hydrogens is 326 g/mol. The molecule has 0 N–H and O–H groups in total. The van der Waals surface area contributed by atoms with Crippen LogP contribution in [0, 0.1) is 0 Å². The zero-order valence-electron chi connectivity index (χ0n) is 14.7. The van der Waals surface area contributed by atoms with Crippen molar-refractivity contribution in [2.45, 2.75) is 13.0 Å². The Hall–Kier alpha value is -3.21. The van der Waals surface area contributed by atoms with Gasteiger partial charge in [-0.05, 0) is 36.4 Å². The van der Waals surface area contributed by atoms with Crippen LogP contribution in [0.2, 0.25) is 0 Å². The van der Waals surface area contributed by atoms with Crippen molar-refractivity contribution in [3.8, 4) is 5.75 Å². The molecule has 3 rings (SSSR count). The second kappa shape index (κ2) is 8.76. The maximum Gasteiger partial charge on any atom is 0.253 e. The van der Waals surface area contributed by atoms with E-state index in [2.05, 4.69) is 9.97 Å². The van der Waals surface area contributed by atoms with Crippen LogP contribution in [-0.4, -0.2) is 34.4 Å². The molecule has 5 heteroatoms. The van der Waals surface area contributed by atoms with E-state index in [4.69, 9.17) is 4.74 Å². The van der Waals surface area contributed by atoms with Crippen LogP contribution in [0.4, 0.5) is 0 Å². The first kappa shape index (κ1) is 17.6. The predicted molar refractivity (Wildman–Crippen MR) is 99.9 cm³/mol. The molecular formula is C21H21N3O2. The lowest BCUT2D eigenvalue weighted by Gasteiger charge is -2.17. The lowest BCUT2D eigenvalue weighted by atomic mass is 10.2. The summed E-state index contributed by atoms with van der Waals surface area (Å²) in [6, 6.07) is 16.9. The molecule has 0 bridgehead atoms. The number of pyridine rings is 2. The van der Waals surface area contributed by atoms with Crippen molar-refractivity contribution in [1.29, 1.82) is 0 Å². The summed E-state index contributed by atoms with van der Waals surface area (Å²) in [7, 11) is 1.80. The molecule has 0 unspecified atom stereocenters. The molecule has 2 heterocycles. The van der Waals surface area contributed by atoms with E-state index in [0.29, 0.717) is 24.5 Å². The molecule has 132 valence electrons. The van der Waals surface area contributed by atoms with Crippen LogP contribution < -0.4 is 4.74 Å². The van der Waals surface area contributed by atoms with E-state index in [1.807, 2.05) is 42.5 Å². The third kappa shape index (κ3) is 4.89. The Balaban J connectivity index is 1.58. The summed E-state index contributed by atoms with van der Waals surface area (Å²) in [6.45, 7) is 1.03. The van der Waals surface area contributed by atoms with Gasteiger partial charge in [0.15, 0.2) is 0 Å². The molecule has 1 aromatic carbocycles. The van der Waals surface area contributed by atoms with E-state index in [0.717, 1.165) is 17.7 Å². The summed E-state index contributed by atoms with van der Waals surface area (Å²) in [5.41, 5.74) is 2.56. The summed E-state index contributed by atoms with van der Waals surface area (Å²) in [5.74, 6) is 0.630. The van der Waals surface area contributed by atoms with Gasteiger partial charge in [-0.3, -0.25) is 14.8 Å². The molecule has 1 amide bonds. The van der Waals surface area contributed by atoms with Gasteiger partial charge in [0.1, 0.15) is 12.4 Å². The number of amides is 1.